The lowest BCUT2D eigenvalue weighted by atomic mass is 10.00. The van der Waals surface area contributed by atoms with Gasteiger partial charge < -0.3 is 0 Å². The van der Waals surface area contributed by atoms with E-state index in [0.717, 1.165) is 16.3 Å². The molecule has 94 valence electrons. The molecular weight excluding hydrogens is 276 g/mol. The Morgan fingerprint density at radius 3 is 2.63 bits per heavy atom. The zero-order chi connectivity index (χ0) is 13.2. The molecule has 0 spiro atoms. The molecule has 0 atom stereocenters. The highest BCUT2D eigenvalue weighted by Gasteiger charge is 2.13. The lowest BCUT2D eigenvalue weighted by Crippen LogP contribution is -2.02. The molecule has 0 fully saturated rings. The third kappa shape index (κ3) is 2.42. The predicted molar refractivity (Wildman–Crippen MR) is 81.3 cm³/mol. The molecule has 1 aromatic heterocycles. The van der Waals surface area contributed by atoms with Crippen LogP contribution in [0.25, 0.3) is 10.8 Å². The Labute approximate surface area is 120 Å². The van der Waals surface area contributed by atoms with E-state index in [0.29, 0.717) is 16.3 Å². The predicted octanol–water partition coefficient (Wildman–Crippen LogP) is 4.98. The van der Waals surface area contributed by atoms with Gasteiger partial charge in [0.25, 0.3) is 0 Å². The molecule has 0 N–H and O–H groups in total. The van der Waals surface area contributed by atoms with Crippen molar-refractivity contribution in [2.75, 3.05) is 0 Å². The first-order valence-electron chi connectivity index (χ1n) is 5.98. The Kier molecular flexibility index (Phi) is 3.36. The normalized spacial score (nSPS) is 10.8. The average molecular weight is 287 g/mol. The second-order valence-electron chi connectivity index (χ2n) is 4.34. The summed E-state index contributed by atoms with van der Waals surface area (Å²) >= 11 is 7.41. The molecule has 0 bridgehead atoms. The van der Waals surface area contributed by atoms with Crippen molar-refractivity contribution in [2.24, 2.45) is 0 Å². The van der Waals surface area contributed by atoms with Crippen molar-refractivity contribution in [3.63, 3.8) is 0 Å². The second kappa shape index (κ2) is 5.16. The van der Waals surface area contributed by atoms with Gasteiger partial charge >= 0.3 is 0 Å². The largest absolute Gasteiger partial charge is 0.293 e. The summed E-state index contributed by atoms with van der Waals surface area (Å²) in [5, 5.41) is 4.69. The molecule has 3 rings (SSSR count). The number of carbonyl (C=O) groups is 1. The van der Waals surface area contributed by atoms with Crippen molar-refractivity contribution in [1.29, 1.82) is 0 Å². The fraction of sp³-hybridized carbons (Fsp3) is 0.0625. The van der Waals surface area contributed by atoms with Crippen molar-refractivity contribution < 1.29 is 4.79 Å². The number of fused-ring (bicyclic) bond motifs is 1. The van der Waals surface area contributed by atoms with Gasteiger partial charge in [-0.1, -0.05) is 54.1 Å². The Morgan fingerprint density at radius 1 is 1.05 bits per heavy atom. The molecule has 1 heterocycles. The lowest BCUT2D eigenvalue weighted by molar-refractivity contribution is 0.0997. The second-order valence-corrected chi connectivity index (χ2v) is 5.66. The minimum Gasteiger partial charge on any atom is -0.293 e. The molecule has 0 saturated carbocycles. The summed E-state index contributed by atoms with van der Waals surface area (Å²) in [5.41, 5.74) is 1.05. The molecule has 2 aromatic carbocycles. The van der Waals surface area contributed by atoms with Gasteiger partial charge in [0.05, 0.1) is 9.90 Å². The van der Waals surface area contributed by atoms with Gasteiger partial charge in [-0.2, -0.15) is 0 Å². The first-order chi connectivity index (χ1) is 9.25. The van der Waals surface area contributed by atoms with Gasteiger partial charge in [0.15, 0.2) is 5.78 Å². The van der Waals surface area contributed by atoms with Crippen LogP contribution in [0.15, 0.2) is 53.9 Å². The number of rotatable bonds is 3. The third-order valence-corrected chi connectivity index (χ3v) is 4.48. The van der Waals surface area contributed by atoms with E-state index in [1.54, 1.807) is 6.07 Å². The molecule has 0 amide bonds. The lowest BCUT2D eigenvalue weighted by Gasteiger charge is -2.05. The van der Waals surface area contributed by atoms with Crippen molar-refractivity contribution in [2.45, 2.75) is 6.42 Å². The summed E-state index contributed by atoms with van der Waals surface area (Å²) < 4.78 is 0. The summed E-state index contributed by atoms with van der Waals surface area (Å²) in [6, 6.07) is 15.9. The van der Waals surface area contributed by atoms with Crippen LogP contribution in [-0.4, -0.2) is 5.78 Å². The third-order valence-electron chi connectivity index (χ3n) is 3.10. The van der Waals surface area contributed by atoms with Crippen LogP contribution in [-0.2, 0) is 6.42 Å². The first-order valence-corrected chi connectivity index (χ1v) is 7.24. The molecule has 0 aliphatic heterocycles. The highest BCUT2D eigenvalue weighted by atomic mass is 35.5. The Bertz CT molecular complexity index is 740. The van der Waals surface area contributed by atoms with Crippen LogP contribution < -0.4 is 0 Å². The van der Waals surface area contributed by atoms with Crippen LogP contribution in [0, 0.1) is 0 Å². The molecule has 19 heavy (non-hydrogen) atoms. The topological polar surface area (TPSA) is 17.1 Å². The highest BCUT2D eigenvalue weighted by Crippen LogP contribution is 2.25. The number of Topliss-reactive ketones (excluding diaryl/α,β-unsaturated/α-hetero) is 1. The Balaban J connectivity index is 1.98. The smallest absolute Gasteiger partial charge is 0.178 e. The summed E-state index contributed by atoms with van der Waals surface area (Å²) in [7, 11) is 0. The molecule has 0 aliphatic carbocycles. The fourth-order valence-electron chi connectivity index (χ4n) is 2.19. The molecule has 0 aliphatic rings. The zero-order valence-electron chi connectivity index (χ0n) is 10.1. The quantitative estimate of drug-likeness (QED) is 0.621. The summed E-state index contributed by atoms with van der Waals surface area (Å²) in [4.78, 5) is 12.9. The van der Waals surface area contributed by atoms with Crippen molar-refractivity contribution in [1.82, 2.24) is 0 Å². The molecule has 3 aromatic rings. The zero-order valence-corrected chi connectivity index (χ0v) is 11.7. The van der Waals surface area contributed by atoms with Crippen LogP contribution in [0.2, 0.25) is 5.02 Å². The summed E-state index contributed by atoms with van der Waals surface area (Å²) in [5.74, 6) is 0.0800. The van der Waals surface area contributed by atoms with Gasteiger partial charge in [0.2, 0.25) is 0 Å². The van der Waals surface area contributed by atoms with E-state index in [1.807, 2.05) is 35.7 Å². The Hall–Kier alpha value is -1.64. The van der Waals surface area contributed by atoms with E-state index in [2.05, 4.69) is 12.1 Å². The minimum absolute atomic E-state index is 0.0800. The van der Waals surface area contributed by atoms with Crippen molar-refractivity contribution in [3.05, 3.63) is 69.4 Å². The molecule has 3 heteroatoms. The van der Waals surface area contributed by atoms with Gasteiger partial charge in [0, 0.05) is 6.42 Å². The van der Waals surface area contributed by atoms with Gasteiger partial charge in [0.1, 0.15) is 0 Å². The number of carbonyl (C=O) groups excluding carboxylic acids is 1. The maximum absolute atomic E-state index is 12.3. The number of hydrogen-bond donors (Lipinski definition) is 0. The summed E-state index contributed by atoms with van der Waals surface area (Å²) in [6.45, 7) is 0. The fourth-order valence-corrected chi connectivity index (χ4v) is 3.29. The van der Waals surface area contributed by atoms with Crippen LogP contribution in [0.4, 0.5) is 0 Å². The van der Waals surface area contributed by atoms with Crippen molar-refractivity contribution >= 4 is 39.5 Å². The number of ketones is 1. The van der Waals surface area contributed by atoms with Crippen LogP contribution in [0.3, 0.4) is 0 Å². The van der Waals surface area contributed by atoms with E-state index < -0.39 is 0 Å². The van der Waals surface area contributed by atoms with Gasteiger partial charge in [-0.15, -0.1) is 11.3 Å². The van der Waals surface area contributed by atoms with Crippen LogP contribution >= 0.6 is 22.9 Å². The maximum atomic E-state index is 12.3. The summed E-state index contributed by atoms with van der Waals surface area (Å²) in [6.07, 6.45) is 0.390. The van der Waals surface area contributed by atoms with Gasteiger partial charge in [-0.3, -0.25) is 4.79 Å². The van der Waals surface area contributed by atoms with E-state index in [4.69, 9.17) is 11.6 Å². The standard InChI is InChI=1S/C16H11ClOS/c17-14-8-9-19-16(14)15(18)10-12-6-3-5-11-4-1-2-7-13(11)12/h1-9H,10H2. The molecule has 0 radical (unpaired) electrons. The molecular formula is C16H11ClOS. The number of hydrogen-bond acceptors (Lipinski definition) is 2. The molecule has 0 unspecified atom stereocenters. The minimum atomic E-state index is 0.0800. The SMILES string of the molecule is O=C(Cc1cccc2ccccc12)c1sccc1Cl. The van der Waals surface area contributed by atoms with Gasteiger partial charge in [-0.05, 0) is 27.8 Å². The maximum Gasteiger partial charge on any atom is 0.178 e. The molecule has 0 saturated heterocycles. The number of thiophene rings is 1. The van der Waals surface area contributed by atoms with Crippen LogP contribution in [0.5, 0.6) is 0 Å². The molecule has 1 nitrogen and oxygen atoms in total. The Morgan fingerprint density at radius 2 is 1.84 bits per heavy atom. The van der Waals surface area contributed by atoms with Crippen molar-refractivity contribution in [3.8, 4) is 0 Å². The highest BCUT2D eigenvalue weighted by molar-refractivity contribution is 7.12. The van der Waals surface area contributed by atoms with E-state index >= 15 is 0 Å². The average Bonchev–Trinajstić information content (AvgIpc) is 2.85. The van der Waals surface area contributed by atoms with E-state index in [9.17, 15) is 4.79 Å². The number of halogens is 1. The van der Waals surface area contributed by atoms with Crippen LogP contribution in [0.1, 0.15) is 15.2 Å². The number of benzene rings is 2. The monoisotopic (exact) mass is 286 g/mol. The van der Waals surface area contributed by atoms with E-state index in [1.165, 1.54) is 11.3 Å². The van der Waals surface area contributed by atoms with E-state index in [-0.39, 0.29) is 5.78 Å². The van der Waals surface area contributed by atoms with Gasteiger partial charge in [-0.25, -0.2) is 0 Å². The first kappa shape index (κ1) is 12.4.